The average molecular weight is 442 g/mol. The third kappa shape index (κ3) is 5.03. The molecule has 31 heavy (non-hydrogen) atoms. The topological polar surface area (TPSA) is 99.7 Å². The molecule has 0 spiro atoms. The molecule has 0 saturated carbocycles. The second-order valence-corrected chi connectivity index (χ2v) is 9.34. The molecule has 7 nitrogen and oxygen atoms in total. The van der Waals surface area contributed by atoms with E-state index >= 15 is 0 Å². The van der Waals surface area contributed by atoms with E-state index in [1.807, 2.05) is 44.2 Å². The van der Waals surface area contributed by atoms with Crippen LogP contribution in [0.5, 0.6) is 0 Å². The van der Waals surface area contributed by atoms with Crippen LogP contribution in [-0.4, -0.2) is 41.9 Å². The molecule has 164 valence electrons. The Bertz CT molecular complexity index is 981. The molecule has 2 aliphatic rings. The molecule has 4 rings (SSSR count). The molecule has 2 aromatic rings. The smallest absolute Gasteiger partial charge is 0.252 e. The Morgan fingerprint density at radius 1 is 1.19 bits per heavy atom. The maximum atomic E-state index is 13.0. The highest BCUT2D eigenvalue weighted by molar-refractivity contribution is 7.99. The molecule has 1 unspecified atom stereocenters. The van der Waals surface area contributed by atoms with Crippen LogP contribution in [0.1, 0.15) is 37.0 Å². The molecule has 2 amide bonds. The molecular weight excluding hydrogens is 414 g/mol. The van der Waals surface area contributed by atoms with Crippen molar-refractivity contribution in [1.82, 2.24) is 10.6 Å². The average Bonchev–Trinajstić information content (AvgIpc) is 3.15. The van der Waals surface area contributed by atoms with Crippen LogP contribution in [0.15, 0.2) is 52.3 Å². The number of carbonyl (C=O) groups excluding carboxylic acids is 2. The number of benzene rings is 2. The molecule has 0 aromatic heterocycles. The second-order valence-electron chi connectivity index (χ2n) is 8.25. The Hall–Kier alpha value is -2.55. The van der Waals surface area contributed by atoms with E-state index in [1.165, 1.54) is 0 Å². The van der Waals surface area contributed by atoms with Gasteiger partial charge in [0.15, 0.2) is 6.29 Å². The standard InChI is InChI=1S/C23H27N3O4S/c1-13(2)11-18(22(28)25-16-9-10-30-23(16)29)26-21(27)14-7-8-20-17(12-14)24-15-5-3-4-6-19(15)31-20/h3-8,12-13,16,18,23-24,29H,9-11H2,1-2H3,(H,25,28)(H,26,27)/t16?,18-,23-/m0/s1. The van der Waals surface area contributed by atoms with Gasteiger partial charge in [-0.15, -0.1) is 0 Å². The SMILES string of the molecule is CC(C)C[C@H](NC(=O)c1ccc2c(c1)Nc1ccccc1S2)C(=O)NC1CCO[C@@H]1O. The number of hydrogen-bond donors (Lipinski definition) is 4. The van der Waals surface area contributed by atoms with Crippen LogP contribution < -0.4 is 16.0 Å². The van der Waals surface area contributed by atoms with E-state index in [0.29, 0.717) is 25.0 Å². The minimum Gasteiger partial charge on any atom is -0.366 e. The summed E-state index contributed by atoms with van der Waals surface area (Å²) in [7, 11) is 0. The summed E-state index contributed by atoms with van der Waals surface area (Å²) in [5.41, 5.74) is 2.36. The molecule has 0 aliphatic carbocycles. The van der Waals surface area contributed by atoms with Crippen molar-refractivity contribution in [3.63, 3.8) is 0 Å². The third-order valence-corrected chi connectivity index (χ3v) is 6.49. The lowest BCUT2D eigenvalue weighted by atomic mass is 10.0. The maximum Gasteiger partial charge on any atom is 0.252 e. The summed E-state index contributed by atoms with van der Waals surface area (Å²) in [6.07, 6.45) is 0.0323. The van der Waals surface area contributed by atoms with Gasteiger partial charge in [0.05, 0.1) is 24.0 Å². The Kier molecular flexibility index (Phi) is 6.50. The minimum atomic E-state index is -1.01. The number of ether oxygens (including phenoxy) is 1. The first-order valence-electron chi connectivity index (χ1n) is 10.5. The van der Waals surface area contributed by atoms with Gasteiger partial charge in [0.25, 0.3) is 5.91 Å². The summed E-state index contributed by atoms with van der Waals surface area (Å²) in [5, 5.41) is 18.9. The molecule has 3 atom stereocenters. The fourth-order valence-electron chi connectivity index (χ4n) is 3.73. The lowest BCUT2D eigenvalue weighted by molar-refractivity contribution is -0.127. The van der Waals surface area contributed by atoms with Crippen LogP contribution in [0, 0.1) is 5.92 Å². The molecule has 2 aliphatic heterocycles. The van der Waals surface area contributed by atoms with Gasteiger partial charge in [-0.05, 0) is 49.1 Å². The third-order valence-electron chi connectivity index (χ3n) is 5.34. The van der Waals surface area contributed by atoms with Crippen molar-refractivity contribution >= 4 is 35.0 Å². The second kappa shape index (κ2) is 9.30. The maximum absolute atomic E-state index is 13.0. The van der Waals surface area contributed by atoms with Gasteiger partial charge in [-0.3, -0.25) is 9.59 Å². The van der Waals surface area contributed by atoms with Crippen molar-refractivity contribution in [3.05, 3.63) is 48.0 Å². The van der Waals surface area contributed by atoms with E-state index in [2.05, 4.69) is 22.0 Å². The van der Waals surface area contributed by atoms with Gasteiger partial charge in [-0.25, -0.2) is 0 Å². The van der Waals surface area contributed by atoms with Gasteiger partial charge in [-0.1, -0.05) is 37.7 Å². The number of aliphatic hydroxyl groups is 1. The zero-order valence-corrected chi connectivity index (χ0v) is 18.4. The summed E-state index contributed by atoms with van der Waals surface area (Å²) in [6, 6.07) is 12.4. The molecule has 2 aromatic carbocycles. The molecule has 8 heteroatoms. The number of anilines is 2. The monoisotopic (exact) mass is 441 g/mol. The van der Waals surface area contributed by atoms with Gasteiger partial charge in [0, 0.05) is 15.4 Å². The van der Waals surface area contributed by atoms with Gasteiger partial charge in [0.1, 0.15) is 6.04 Å². The number of nitrogens with one attached hydrogen (secondary N) is 3. The predicted octanol–water partition coefficient (Wildman–Crippen LogP) is 3.26. The lowest BCUT2D eigenvalue weighted by Crippen LogP contribution is -2.51. The van der Waals surface area contributed by atoms with E-state index in [9.17, 15) is 14.7 Å². The van der Waals surface area contributed by atoms with Crippen molar-refractivity contribution < 1.29 is 19.4 Å². The highest BCUT2D eigenvalue weighted by atomic mass is 32.2. The summed E-state index contributed by atoms with van der Waals surface area (Å²) >= 11 is 1.65. The molecule has 0 bridgehead atoms. The van der Waals surface area contributed by atoms with E-state index in [-0.39, 0.29) is 17.7 Å². The zero-order valence-electron chi connectivity index (χ0n) is 17.6. The summed E-state index contributed by atoms with van der Waals surface area (Å²) < 4.78 is 5.10. The Morgan fingerprint density at radius 3 is 2.71 bits per heavy atom. The first-order chi connectivity index (χ1) is 14.9. The Balaban J connectivity index is 1.46. The molecule has 1 fully saturated rings. The number of rotatable bonds is 6. The molecule has 4 N–H and O–H groups in total. The van der Waals surface area contributed by atoms with Crippen LogP contribution in [0.2, 0.25) is 0 Å². The van der Waals surface area contributed by atoms with Gasteiger partial charge >= 0.3 is 0 Å². The summed E-state index contributed by atoms with van der Waals surface area (Å²) in [5.74, 6) is -0.409. The van der Waals surface area contributed by atoms with E-state index in [0.717, 1.165) is 21.2 Å². The van der Waals surface area contributed by atoms with Gasteiger partial charge < -0.3 is 25.8 Å². The first-order valence-corrected chi connectivity index (χ1v) is 11.3. The van der Waals surface area contributed by atoms with Crippen molar-refractivity contribution in [2.24, 2.45) is 5.92 Å². The Labute approximate surface area is 185 Å². The quantitative estimate of drug-likeness (QED) is 0.469. The van der Waals surface area contributed by atoms with Crippen molar-refractivity contribution in [2.45, 2.75) is 54.9 Å². The number of amides is 2. The van der Waals surface area contributed by atoms with Crippen LogP contribution in [0.3, 0.4) is 0 Å². The number of para-hydroxylation sites is 1. The van der Waals surface area contributed by atoms with Crippen LogP contribution in [0.25, 0.3) is 0 Å². The lowest BCUT2D eigenvalue weighted by Gasteiger charge is -2.24. The molecule has 2 heterocycles. The van der Waals surface area contributed by atoms with Gasteiger partial charge in [-0.2, -0.15) is 0 Å². The Morgan fingerprint density at radius 2 is 1.97 bits per heavy atom. The van der Waals surface area contributed by atoms with E-state index in [4.69, 9.17) is 4.74 Å². The predicted molar refractivity (Wildman–Crippen MR) is 120 cm³/mol. The fourth-order valence-corrected chi connectivity index (χ4v) is 4.69. The summed E-state index contributed by atoms with van der Waals surface area (Å²) in [6.45, 7) is 4.39. The zero-order chi connectivity index (χ0) is 22.0. The number of aliphatic hydroxyl groups excluding tert-OH is 1. The normalized spacial score (nSPS) is 20.4. The molecule has 0 radical (unpaired) electrons. The molecule has 1 saturated heterocycles. The van der Waals surface area contributed by atoms with Crippen LogP contribution in [0.4, 0.5) is 11.4 Å². The number of fused-ring (bicyclic) bond motifs is 2. The number of carbonyl (C=O) groups is 2. The van der Waals surface area contributed by atoms with Crippen molar-refractivity contribution in [3.8, 4) is 0 Å². The van der Waals surface area contributed by atoms with E-state index < -0.39 is 18.4 Å². The highest BCUT2D eigenvalue weighted by Gasteiger charge is 2.31. The van der Waals surface area contributed by atoms with Crippen LogP contribution in [-0.2, 0) is 9.53 Å². The first kappa shape index (κ1) is 21.7. The van der Waals surface area contributed by atoms with Crippen LogP contribution >= 0.6 is 11.8 Å². The largest absolute Gasteiger partial charge is 0.366 e. The fraction of sp³-hybridized carbons (Fsp3) is 0.391. The van der Waals surface area contributed by atoms with Crippen molar-refractivity contribution in [1.29, 1.82) is 0 Å². The highest BCUT2D eigenvalue weighted by Crippen LogP contribution is 2.44. The summed E-state index contributed by atoms with van der Waals surface area (Å²) in [4.78, 5) is 28.0. The number of hydrogen-bond acceptors (Lipinski definition) is 6. The van der Waals surface area contributed by atoms with Crippen molar-refractivity contribution in [2.75, 3.05) is 11.9 Å². The van der Waals surface area contributed by atoms with E-state index in [1.54, 1.807) is 17.8 Å². The minimum absolute atomic E-state index is 0.207. The molecular formula is C23H27N3O4S. The van der Waals surface area contributed by atoms with Gasteiger partial charge in [0.2, 0.25) is 5.91 Å².